The number of allylic oxidation sites excluding steroid dienone is 1. The number of thiocarbonyl (C=S) groups is 1. The topological polar surface area (TPSA) is 66.5 Å². The van der Waals surface area contributed by atoms with Gasteiger partial charge in [-0.3, -0.25) is 9.59 Å². The lowest BCUT2D eigenvalue weighted by molar-refractivity contribution is -0.138. The predicted molar refractivity (Wildman–Crippen MR) is 111 cm³/mol. The number of benzene rings is 1. The summed E-state index contributed by atoms with van der Waals surface area (Å²) in [5.74, 6) is -0.643. The molecule has 2 fully saturated rings. The molecule has 146 valence electrons. The molecule has 1 aromatic rings. The number of carbonyl (C=O) groups is 3. The fourth-order valence-electron chi connectivity index (χ4n) is 4.60. The van der Waals surface area contributed by atoms with Crippen molar-refractivity contribution in [1.82, 2.24) is 10.2 Å². The lowest BCUT2D eigenvalue weighted by Crippen LogP contribution is -2.47. The Morgan fingerprint density at radius 1 is 1.29 bits per heavy atom. The molecule has 0 aromatic heterocycles. The van der Waals surface area contributed by atoms with Gasteiger partial charge in [0, 0.05) is 24.4 Å². The minimum absolute atomic E-state index is 0.0206. The number of nitrogens with one attached hydrogen (secondary N) is 1. The van der Waals surface area contributed by atoms with Crippen molar-refractivity contribution >= 4 is 41.1 Å². The molecule has 1 aliphatic carbocycles. The zero-order valence-electron chi connectivity index (χ0n) is 15.7. The average molecular weight is 397 g/mol. The van der Waals surface area contributed by atoms with E-state index in [0.29, 0.717) is 37.2 Å². The van der Waals surface area contributed by atoms with E-state index in [1.165, 1.54) is 16.7 Å². The Kier molecular flexibility index (Phi) is 5.51. The minimum Gasteiger partial charge on any atom is -0.333 e. The standard InChI is InChI=1S/C22H24N2O3S/c25-13-17-21(19(28)12-23-17)22(27)18-6-3-9-24(18)20(26)8-7-14-10-15-4-1-2-5-16(15)11-14/h1-2,4-5,10,13,17-18,21,23H,3,6-9,11-12H2/t17-,18+,21?/m1/s1. The molecule has 6 heteroatoms. The summed E-state index contributed by atoms with van der Waals surface area (Å²) in [5, 5.41) is 2.98. The van der Waals surface area contributed by atoms with Gasteiger partial charge in [-0.05, 0) is 36.8 Å². The number of ketones is 1. The lowest BCUT2D eigenvalue weighted by atomic mass is 9.90. The molecule has 2 aliphatic heterocycles. The lowest BCUT2D eigenvalue weighted by Gasteiger charge is -2.27. The van der Waals surface area contributed by atoms with Gasteiger partial charge in [-0.25, -0.2) is 0 Å². The highest BCUT2D eigenvalue weighted by atomic mass is 32.1. The van der Waals surface area contributed by atoms with Crippen LogP contribution in [0.4, 0.5) is 0 Å². The SMILES string of the molecule is O=C[C@H]1NCC(=S)C1C(=O)[C@@H]1CCCN1C(=O)CCC1=Cc2ccccc2C1. The number of nitrogens with zero attached hydrogens (tertiary/aromatic N) is 1. The van der Waals surface area contributed by atoms with Gasteiger partial charge in [-0.15, -0.1) is 0 Å². The van der Waals surface area contributed by atoms with Crippen LogP contribution in [-0.2, 0) is 20.8 Å². The van der Waals surface area contributed by atoms with Gasteiger partial charge in [-0.1, -0.05) is 48.1 Å². The zero-order chi connectivity index (χ0) is 19.7. The summed E-state index contributed by atoms with van der Waals surface area (Å²) in [6, 6.07) is 7.28. The Balaban J connectivity index is 1.38. The Labute approximate surface area is 170 Å². The summed E-state index contributed by atoms with van der Waals surface area (Å²) in [4.78, 5) is 39.5. The fourth-order valence-corrected chi connectivity index (χ4v) is 4.95. The molecule has 0 bridgehead atoms. The van der Waals surface area contributed by atoms with Crippen LogP contribution in [0.1, 0.15) is 36.8 Å². The van der Waals surface area contributed by atoms with Crippen molar-refractivity contribution in [1.29, 1.82) is 0 Å². The van der Waals surface area contributed by atoms with Gasteiger partial charge < -0.3 is 15.0 Å². The number of carbonyl (C=O) groups excluding carboxylic acids is 3. The minimum atomic E-state index is -0.585. The second-order valence-corrected chi connectivity index (χ2v) is 8.34. The molecule has 4 rings (SSSR count). The number of likely N-dealkylation sites (tertiary alicyclic amines) is 1. The molecule has 1 amide bonds. The first-order valence-electron chi connectivity index (χ1n) is 9.90. The summed E-state index contributed by atoms with van der Waals surface area (Å²) in [6.45, 7) is 1.01. The van der Waals surface area contributed by atoms with Crippen molar-refractivity contribution in [2.24, 2.45) is 5.92 Å². The monoisotopic (exact) mass is 396 g/mol. The highest BCUT2D eigenvalue weighted by Crippen LogP contribution is 2.29. The van der Waals surface area contributed by atoms with E-state index >= 15 is 0 Å². The molecule has 1 aromatic carbocycles. The van der Waals surface area contributed by atoms with Crippen molar-refractivity contribution in [2.75, 3.05) is 13.1 Å². The fraction of sp³-hybridized carbons (Fsp3) is 0.455. The third-order valence-corrected chi connectivity index (χ3v) is 6.46. The van der Waals surface area contributed by atoms with Crippen LogP contribution in [0.15, 0.2) is 29.8 Å². The molecule has 0 radical (unpaired) electrons. The summed E-state index contributed by atoms with van der Waals surface area (Å²) in [5.41, 5.74) is 3.81. The normalized spacial score (nSPS) is 26.3. The summed E-state index contributed by atoms with van der Waals surface area (Å²) in [6.07, 6.45) is 6.42. The summed E-state index contributed by atoms with van der Waals surface area (Å²) >= 11 is 5.30. The largest absolute Gasteiger partial charge is 0.333 e. The molecular formula is C22H24N2O3S. The molecule has 0 spiro atoms. The molecule has 28 heavy (non-hydrogen) atoms. The van der Waals surface area contributed by atoms with Crippen LogP contribution < -0.4 is 5.32 Å². The van der Waals surface area contributed by atoms with Crippen LogP contribution in [0.3, 0.4) is 0 Å². The van der Waals surface area contributed by atoms with E-state index in [1.54, 1.807) is 4.90 Å². The van der Waals surface area contributed by atoms with Crippen molar-refractivity contribution < 1.29 is 14.4 Å². The van der Waals surface area contributed by atoms with Crippen LogP contribution in [0.5, 0.6) is 0 Å². The number of rotatable bonds is 6. The summed E-state index contributed by atoms with van der Waals surface area (Å²) in [7, 11) is 0. The Hall–Kier alpha value is -2.18. The number of amides is 1. The van der Waals surface area contributed by atoms with Gasteiger partial charge >= 0.3 is 0 Å². The van der Waals surface area contributed by atoms with E-state index < -0.39 is 18.0 Å². The van der Waals surface area contributed by atoms with Crippen LogP contribution in [0.25, 0.3) is 6.08 Å². The van der Waals surface area contributed by atoms with Gasteiger partial charge in [0.15, 0.2) is 5.78 Å². The molecule has 2 heterocycles. The third-order valence-electron chi connectivity index (χ3n) is 6.06. The molecule has 3 aliphatic rings. The van der Waals surface area contributed by atoms with Crippen LogP contribution >= 0.6 is 12.2 Å². The molecule has 3 atom stereocenters. The van der Waals surface area contributed by atoms with Gasteiger partial charge in [0.1, 0.15) is 6.29 Å². The second-order valence-electron chi connectivity index (χ2n) is 7.81. The van der Waals surface area contributed by atoms with Gasteiger partial charge in [-0.2, -0.15) is 0 Å². The molecule has 1 N–H and O–H groups in total. The van der Waals surface area contributed by atoms with E-state index in [1.807, 2.05) is 12.1 Å². The van der Waals surface area contributed by atoms with Crippen LogP contribution in [0, 0.1) is 5.92 Å². The van der Waals surface area contributed by atoms with Crippen molar-refractivity contribution in [3.05, 3.63) is 41.0 Å². The van der Waals surface area contributed by atoms with E-state index in [-0.39, 0.29) is 11.7 Å². The first-order valence-corrected chi connectivity index (χ1v) is 10.3. The van der Waals surface area contributed by atoms with Gasteiger partial charge in [0.2, 0.25) is 5.91 Å². The van der Waals surface area contributed by atoms with Crippen LogP contribution in [-0.4, -0.2) is 52.9 Å². The van der Waals surface area contributed by atoms with Crippen LogP contribution in [0.2, 0.25) is 0 Å². The maximum atomic E-state index is 13.1. The molecule has 0 saturated carbocycles. The third kappa shape index (κ3) is 3.59. The Morgan fingerprint density at radius 3 is 2.89 bits per heavy atom. The predicted octanol–water partition coefficient (Wildman–Crippen LogP) is 2.12. The van der Waals surface area contributed by atoms with E-state index in [2.05, 4.69) is 23.5 Å². The molecule has 5 nitrogen and oxygen atoms in total. The highest BCUT2D eigenvalue weighted by molar-refractivity contribution is 7.80. The van der Waals surface area contributed by atoms with Crippen molar-refractivity contribution in [3.63, 3.8) is 0 Å². The Morgan fingerprint density at radius 2 is 2.11 bits per heavy atom. The number of hydrogen-bond donors (Lipinski definition) is 1. The van der Waals surface area contributed by atoms with E-state index in [9.17, 15) is 14.4 Å². The quantitative estimate of drug-likeness (QED) is 0.589. The molecular weight excluding hydrogens is 372 g/mol. The Bertz CT molecular complexity index is 863. The smallest absolute Gasteiger partial charge is 0.223 e. The number of hydrogen-bond acceptors (Lipinski definition) is 5. The first-order chi connectivity index (χ1) is 13.6. The number of Topliss-reactive ketones (excluding diaryl/α,β-unsaturated/α-hetero) is 1. The number of fused-ring (bicyclic) bond motifs is 1. The van der Waals surface area contributed by atoms with Crippen molar-refractivity contribution in [3.8, 4) is 0 Å². The highest BCUT2D eigenvalue weighted by Gasteiger charge is 2.44. The van der Waals surface area contributed by atoms with Gasteiger partial charge in [0.25, 0.3) is 0 Å². The van der Waals surface area contributed by atoms with E-state index in [0.717, 1.165) is 19.1 Å². The zero-order valence-corrected chi connectivity index (χ0v) is 16.5. The average Bonchev–Trinajstić information content (AvgIpc) is 3.42. The molecule has 2 saturated heterocycles. The second kappa shape index (κ2) is 8.05. The van der Waals surface area contributed by atoms with Crippen molar-refractivity contribution in [2.45, 2.75) is 44.2 Å². The van der Waals surface area contributed by atoms with Gasteiger partial charge in [0.05, 0.1) is 18.0 Å². The first kappa shape index (κ1) is 19.2. The summed E-state index contributed by atoms with van der Waals surface area (Å²) < 4.78 is 0. The number of aldehydes is 1. The molecule has 1 unspecified atom stereocenters. The maximum Gasteiger partial charge on any atom is 0.223 e. The maximum absolute atomic E-state index is 13.1. The van der Waals surface area contributed by atoms with E-state index in [4.69, 9.17) is 12.2 Å².